The molecule has 2 amide bonds. The first-order valence-corrected chi connectivity index (χ1v) is 10.9. The zero-order valence-electron chi connectivity index (χ0n) is 17.0. The van der Waals surface area contributed by atoms with Gasteiger partial charge in [0.15, 0.2) is 11.0 Å². The van der Waals surface area contributed by atoms with Crippen molar-refractivity contribution in [2.45, 2.75) is 25.2 Å². The highest BCUT2D eigenvalue weighted by atomic mass is 35.5. The maximum Gasteiger partial charge on any atom is 0.251 e. The second kappa shape index (κ2) is 10.8. The standard InChI is InChI=1S/C22H22ClN5O2S/c1-3-12-28-19(13-24-21(30)16-6-8-17(23)9-7-16)26-27-22(28)31-14-20(29)25-18-10-4-15(2)5-11-18/h3-11H,1,12-14H2,2H3,(H,24,30)(H,25,29). The summed E-state index contributed by atoms with van der Waals surface area (Å²) in [6.07, 6.45) is 1.71. The highest BCUT2D eigenvalue weighted by Crippen LogP contribution is 2.18. The number of aromatic nitrogens is 3. The summed E-state index contributed by atoms with van der Waals surface area (Å²) in [5, 5.41) is 15.2. The average molecular weight is 456 g/mol. The van der Waals surface area contributed by atoms with Crippen molar-refractivity contribution >= 4 is 40.9 Å². The highest BCUT2D eigenvalue weighted by molar-refractivity contribution is 7.99. The third-order valence-corrected chi connectivity index (χ3v) is 5.51. The van der Waals surface area contributed by atoms with Crippen molar-refractivity contribution in [3.05, 3.63) is 83.2 Å². The fourth-order valence-corrected chi connectivity index (χ4v) is 3.59. The van der Waals surface area contributed by atoms with E-state index in [0.717, 1.165) is 11.3 Å². The molecule has 0 aliphatic heterocycles. The Morgan fingerprint density at radius 3 is 2.52 bits per heavy atom. The van der Waals surface area contributed by atoms with Crippen LogP contribution in [0.25, 0.3) is 0 Å². The monoisotopic (exact) mass is 455 g/mol. The maximum absolute atomic E-state index is 12.3. The number of hydrogen-bond donors (Lipinski definition) is 2. The van der Waals surface area contributed by atoms with Gasteiger partial charge in [0.2, 0.25) is 5.91 Å². The summed E-state index contributed by atoms with van der Waals surface area (Å²) in [7, 11) is 0. The lowest BCUT2D eigenvalue weighted by atomic mass is 10.2. The van der Waals surface area contributed by atoms with E-state index in [9.17, 15) is 9.59 Å². The molecule has 31 heavy (non-hydrogen) atoms. The normalized spacial score (nSPS) is 10.5. The summed E-state index contributed by atoms with van der Waals surface area (Å²) in [6.45, 7) is 6.40. The van der Waals surface area contributed by atoms with Crippen LogP contribution in [0.2, 0.25) is 5.02 Å². The number of benzene rings is 2. The number of halogens is 1. The Balaban J connectivity index is 1.59. The van der Waals surface area contributed by atoms with Gasteiger partial charge in [-0.25, -0.2) is 0 Å². The van der Waals surface area contributed by atoms with Gasteiger partial charge in [0, 0.05) is 22.8 Å². The summed E-state index contributed by atoms with van der Waals surface area (Å²) in [4.78, 5) is 24.6. The van der Waals surface area contributed by atoms with Gasteiger partial charge >= 0.3 is 0 Å². The van der Waals surface area contributed by atoms with Crippen molar-refractivity contribution in [2.24, 2.45) is 0 Å². The van der Waals surface area contributed by atoms with E-state index in [2.05, 4.69) is 27.4 Å². The number of carbonyl (C=O) groups excluding carboxylic acids is 2. The molecule has 0 radical (unpaired) electrons. The molecule has 7 nitrogen and oxygen atoms in total. The summed E-state index contributed by atoms with van der Waals surface area (Å²) in [5.41, 5.74) is 2.37. The molecule has 0 bridgehead atoms. The van der Waals surface area contributed by atoms with E-state index in [4.69, 9.17) is 11.6 Å². The van der Waals surface area contributed by atoms with Crippen molar-refractivity contribution in [3.63, 3.8) is 0 Å². The smallest absolute Gasteiger partial charge is 0.251 e. The van der Waals surface area contributed by atoms with Crippen molar-refractivity contribution in [1.82, 2.24) is 20.1 Å². The zero-order chi connectivity index (χ0) is 22.2. The molecule has 3 rings (SSSR count). The molecule has 0 aliphatic carbocycles. The van der Waals surface area contributed by atoms with Gasteiger partial charge in [0.05, 0.1) is 12.3 Å². The Hall–Kier alpha value is -3.10. The van der Waals surface area contributed by atoms with Gasteiger partial charge < -0.3 is 15.2 Å². The molecule has 160 valence electrons. The van der Waals surface area contributed by atoms with Crippen LogP contribution in [0.5, 0.6) is 0 Å². The molecule has 0 saturated heterocycles. The predicted octanol–water partition coefficient (Wildman–Crippen LogP) is 4.09. The molecule has 2 N–H and O–H groups in total. The first-order valence-electron chi connectivity index (χ1n) is 9.52. The Morgan fingerprint density at radius 1 is 1.13 bits per heavy atom. The van der Waals surface area contributed by atoms with Crippen molar-refractivity contribution in [3.8, 4) is 0 Å². The Kier molecular flexibility index (Phi) is 7.86. The average Bonchev–Trinajstić information content (AvgIpc) is 3.14. The SMILES string of the molecule is C=CCn1c(CNC(=O)c2ccc(Cl)cc2)nnc1SCC(=O)Nc1ccc(C)cc1. The van der Waals surface area contributed by atoms with E-state index < -0.39 is 0 Å². The lowest BCUT2D eigenvalue weighted by molar-refractivity contribution is -0.113. The number of nitrogens with one attached hydrogen (secondary N) is 2. The van der Waals surface area contributed by atoms with Gasteiger partial charge in [-0.15, -0.1) is 16.8 Å². The molecular formula is C22H22ClN5O2S. The molecule has 0 aliphatic rings. The van der Waals surface area contributed by atoms with Crippen LogP contribution in [0, 0.1) is 6.92 Å². The molecule has 0 atom stereocenters. The van der Waals surface area contributed by atoms with Crippen LogP contribution >= 0.6 is 23.4 Å². The maximum atomic E-state index is 12.3. The van der Waals surface area contributed by atoms with Crippen molar-refractivity contribution in [1.29, 1.82) is 0 Å². The summed E-state index contributed by atoms with van der Waals surface area (Å²) < 4.78 is 1.82. The number of thioether (sulfide) groups is 1. The van der Waals surface area contributed by atoms with Crippen LogP contribution in [0.4, 0.5) is 5.69 Å². The largest absolute Gasteiger partial charge is 0.345 e. The molecule has 0 spiro atoms. The predicted molar refractivity (Wildman–Crippen MR) is 123 cm³/mol. The lowest BCUT2D eigenvalue weighted by Crippen LogP contribution is -2.24. The minimum atomic E-state index is -0.239. The third kappa shape index (κ3) is 6.44. The highest BCUT2D eigenvalue weighted by Gasteiger charge is 2.15. The minimum Gasteiger partial charge on any atom is -0.345 e. The Morgan fingerprint density at radius 2 is 1.84 bits per heavy atom. The summed E-state index contributed by atoms with van der Waals surface area (Å²) >= 11 is 7.13. The molecule has 1 heterocycles. The van der Waals surface area contributed by atoms with Crippen LogP contribution < -0.4 is 10.6 Å². The second-order valence-corrected chi connectivity index (χ2v) is 8.07. The van der Waals surface area contributed by atoms with Gasteiger partial charge in [0.1, 0.15) is 0 Å². The van der Waals surface area contributed by atoms with Gasteiger partial charge in [-0.05, 0) is 43.3 Å². The molecule has 9 heteroatoms. The molecule has 0 saturated carbocycles. The number of hydrogen-bond acceptors (Lipinski definition) is 5. The topological polar surface area (TPSA) is 88.9 Å². The molecule has 1 aromatic heterocycles. The number of anilines is 1. The number of carbonyl (C=O) groups is 2. The number of allylic oxidation sites excluding steroid dienone is 1. The third-order valence-electron chi connectivity index (χ3n) is 4.29. The van der Waals surface area contributed by atoms with Crippen LogP contribution in [-0.4, -0.2) is 32.3 Å². The number of nitrogens with zero attached hydrogens (tertiary/aromatic N) is 3. The fourth-order valence-electron chi connectivity index (χ4n) is 2.70. The zero-order valence-corrected chi connectivity index (χ0v) is 18.5. The second-order valence-electron chi connectivity index (χ2n) is 6.69. The molecule has 2 aromatic carbocycles. The van der Waals surface area contributed by atoms with Gasteiger partial charge in [0.25, 0.3) is 5.91 Å². The minimum absolute atomic E-state index is 0.139. The van der Waals surface area contributed by atoms with Crippen molar-refractivity contribution < 1.29 is 9.59 Å². The molecule has 0 unspecified atom stereocenters. The summed E-state index contributed by atoms with van der Waals surface area (Å²) in [6, 6.07) is 14.2. The number of aryl methyl sites for hydroxylation is 1. The van der Waals surface area contributed by atoms with Crippen LogP contribution in [-0.2, 0) is 17.9 Å². The van der Waals surface area contributed by atoms with E-state index in [1.165, 1.54) is 11.8 Å². The van der Waals surface area contributed by atoms with Gasteiger partial charge in [-0.2, -0.15) is 0 Å². The lowest BCUT2D eigenvalue weighted by Gasteiger charge is -2.09. The quantitative estimate of drug-likeness (QED) is 0.375. The van der Waals surface area contributed by atoms with Crippen LogP contribution in [0.1, 0.15) is 21.7 Å². The Labute approximate surface area is 189 Å². The van der Waals surface area contributed by atoms with Crippen LogP contribution in [0.3, 0.4) is 0 Å². The van der Waals surface area contributed by atoms with Gasteiger partial charge in [-0.3, -0.25) is 9.59 Å². The Bertz CT molecular complexity index is 1060. The van der Waals surface area contributed by atoms with E-state index in [1.54, 1.807) is 30.3 Å². The molecule has 3 aromatic rings. The van der Waals surface area contributed by atoms with Crippen molar-refractivity contribution in [2.75, 3.05) is 11.1 Å². The van der Waals surface area contributed by atoms with E-state index >= 15 is 0 Å². The first kappa shape index (κ1) is 22.6. The number of amides is 2. The molecule has 0 fully saturated rings. The van der Waals surface area contributed by atoms with Gasteiger partial charge in [-0.1, -0.05) is 47.1 Å². The summed E-state index contributed by atoms with van der Waals surface area (Å²) in [5.74, 6) is 0.375. The van der Waals surface area contributed by atoms with E-state index in [1.807, 2.05) is 35.8 Å². The first-order chi connectivity index (χ1) is 15.0. The van der Waals surface area contributed by atoms with Crippen LogP contribution in [0.15, 0.2) is 66.3 Å². The number of rotatable bonds is 9. The molecular weight excluding hydrogens is 434 g/mol. The fraction of sp³-hybridized carbons (Fsp3) is 0.182. The van der Waals surface area contributed by atoms with E-state index in [0.29, 0.717) is 28.1 Å². The van der Waals surface area contributed by atoms with E-state index in [-0.39, 0.29) is 24.1 Å².